The molecule has 6 unspecified atom stereocenters. The van der Waals surface area contributed by atoms with E-state index in [1.807, 2.05) is 13.8 Å². The van der Waals surface area contributed by atoms with Crippen molar-refractivity contribution in [2.24, 2.45) is 23.7 Å². The zero-order valence-corrected chi connectivity index (χ0v) is 10.9. The summed E-state index contributed by atoms with van der Waals surface area (Å²) in [6, 6.07) is 0. The second kappa shape index (κ2) is 4.34. The Bertz CT molecular complexity index is 378. The Morgan fingerprint density at radius 3 is 3.00 bits per heavy atom. The Morgan fingerprint density at radius 2 is 2.28 bits per heavy atom. The predicted molar refractivity (Wildman–Crippen MR) is 63.8 cm³/mol. The lowest BCUT2D eigenvalue weighted by Crippen LogP contribution is -2.49. The standard InChI is InChI=1S/C14H20O4/c1-3-7(2)14(16)18-12-8-4-9-10(5-8)13(12)17-6-11(9)15/h7-10,12-13H,3-6H2,1-2H3. The van der Waals surface area contributed by atoms with Gasteiger partial charge >= 0.3 is 5.97 Å². The maximum Gasteiger partial charge on any atom is 0.309 e. The van der Waals surface area contributed by atoms with Crippen LogP contribution in [0.15, 0.2) is 0 Å². The summed E-state index contributed by atoms with van der Waals surface area (Å²) in [4.78, 5) is 23.6. The minimum Gasteiger partial charge on any atom is -0.459 e. The Morgan fingerprint density at radius 1 is 1.50 bits per heavy atom. The molecule has 4 heteroatoms. The normalized spacial score (nSPS) is 43.0. The molecule has 2 bridgehead atoms. The molecule has 0 amide bonds. The molecule has 0 radical (unpaired) electrons. The molecule has 0 aromatic rings. The molecule has 6 atom stereocenters. The number of ketones is 1. The van der Waals surface area contributed by atoms with Crippen LogP contribution < -0.4 is 0 Å². The van der Waals surface area contributed by atoms with E-state index in [1.54, 1.807) is 0 Å². The van der Waals surface area contributed by atoms with Gasteiger partial charge in [-0.2, -0.15) is 0 Å². The molecular formula is C14H20O4. The van der Waals surface area contributed by atoms with Gasteiger partial charge in [-0.25, -0.2) is 0 Å². The zero-order chi connectivity index (χ0) is 12.9. The zero-order valence-electron chi connectivity index (χ0n) is 10.9. The molecule has 3 rings (SSSR count). The molecule has 2 saturated carbocycles. The monoisotopic (exact) mass is 252 g/mol. The molecule has 1 saturated heterocycles. The van der Waals surface area contributed by atoms with Gasteiger partial charge < -0.3 is 9.47 Å². The van der Waals surface area contributed by atoms with Crippen molar-refractivity contribution in [1.29, 1.82) is 0 Å². The minimum atomic E-state index is -0.118. The fourth-order valence-corrected chi connectivity index (χ4v) is 3.71. The van der Waals surface area contributed by atoms with E-state index in [2.05, 4.69) is 0 Å². The van der Waals surface area contributed by atoms with Gasteiger partial charge in [0.1, 0.15) is 12.7 Å². The lowest BCUT2D eigenvalue weighted by Gasteiger charge is -2.38. The van der Waals surface area contributed by atoms with E-state index in [0.29, 0.717) is 11.8 Å². The van der Waals surface area contributed by atoms with Gasteiger partial charge in [-0.3, -0.25) is 9.59 Å². The number of hydrogen-bond acceptors (Lipinski definition) is 4. The number of ether oxygens (including phenoxy) is 2. The highest BCUT2D eigenvalue weighted by Gasteiger charge is 2.59. The molecule has 0 aromatic carbocycles. The second-order valence-electron chi connectivity index (χ2n) is 5.95. The molecule has 1 aliphatic heterocycles. The van der Waals surface area contributed by atoms with Gasteiger partial charge in [-0.1, -0.05) is 13.8 Å². The molecule has 2 aliphatic carbocycles. The van der Waals surface area contributed by atoms with Crippen molar-refractivity contribution in [3.05, 3.63) is 0 Å². The molecule has 0 N–H and O–H groups in total. The molecule has 3 aliphatic rings. The largest absolute Gasteiger partial charge is 0.459 e. The molecule has 0 aromatic heterocycles. The summed E-state index contributed by atoms with van der Waals surface area (Å²) >= 11 is 0. The molecule has 100 valence electrons. The van der Waals surface area contributed by atoms with Crippen LogP contribution in [0.1, 0.15) is 33.1 Å². The van der Waals surface area contributed by atoms with Crippen molar-refractivity contribution < 1.29 is 19.1 Å². The molecule has 4 nitrogen and oxygen atoms in total. The number of Topliss-reactive ketones (excluding diaryl/α,β-unsaturated/α-hetero) is 1. The number of esters is 1. The smallest absolute Gasteiger partial charge is 0.309 e. The van der Waals surface area contributed by atoms with E-state index < -0.39 is 0 Å². The Balaban J connectivity index is 1.69. The van der Waals surface area contributed by atoms with E-state index in [4.69, 9.17) is 9.47 Å². The minimum absolute atomic E-state index is 0.0283. The highest BCUT2D eigenvalue weighted by atomic mass is 16.6. The summed E-state index contributed by atoms with van der Waals surface area (Å²) < 4.78 is 11.3. The number of hydrogen-bond donors (Lipinski definition) is 0. The van der Waals surface area contributed by atoms with Crippen molar-refractivity contribution in [2.75, 3.05) is 6.61 Å². The average Bonchev–Trinajstić information content (AvgIpc) is 2.93. The van der Waals surface area contributed by atoms with E-state index in [0.717, 1.165) is 19.3 Å². The fraction of sp³-hybridized carbons (Fsp3) is 0.857. The van der Waals surface area contributed by atoms with Crippen molar-refractivity contribution >= 4 is 11.8 Å². The molecule has 3 fully saturated rings. The van der Waals surface area contributed by atoms with Crippen LogP contribution in [0, 0.1) is 23.7 Å². The Kier molecular flexibility index (Phi) is 2.93. The maximum atomic E-state index is 11.9. The topological polar surface area (TPSA) is 52.6 Å². The maximum absolute atomic E-state index is 11.9. The fourth-order valence-electron chi connectivity index (χ4n) is 3.71. The van der Waals surface area contributed by atoms with Gasteiger partial charge in [0.2, 0.25) is 0 Å². The third-order valence-electron chi connectivity index (χ3n) is 4.96. The highest BCUT2D eigenvalue weighted by Crippen LogP contribution is 2.53. The quantitative estimate of drug-likeness (QED) is 0.715. The first-order valence-corrected chi connectivity index (χ1v) is 6.96. The van der Waals surface area contributed by atoms with Gasteiger partial charge in [0.25, 0.3) is 0 Å². The lowest BCUT2D eigenvalue weighted by molar-refractivity contribution is -0.177. The van der Waals surface area contributed by atoms with E-state index in [-0.39, 0.29) is 42.4 Å². The summed E-state index contributed by atoms with van der Waals surface area (Å²) in [5.74, 6) is 0.878. The van der Waals surface area contributed by atoms with Gasteiger partial charge in [0.05, 0.1) is 12.0 Å². The predicted octanol–water partition coefficient (Wildman–Crippen LogP) is 1.57. The van der Waals surface area contributed by atoms with Crippen LogP contribution >= 0.6 is 0 Å². The summed E-state index contributed by atoms with van der Waals surface area (Å²) in [5.41, 5.74) is 0. The highest BCUT2D eigenvalue weighted by molar-refractivity contribution is 5.84. The van der Waals surface area contributed by atoms with Crippen LogP contribution in [0.3, 0.4) is 0 Å². The summed E-state index contributed by atoms with van der Waals surface area (Å²) in [6.07, 6.45) is 2.54. The number of fused-ring (bicyclic) bond motifs is 1. The number of carbonyl (C=O) groups is 2. The second-order valence-corrected chi connectivity index (χ2v) is 5.95. The molecule has 18 heavy (non-hydrogen) atoms. The van der Waals surface area contributed by atoms with Crippen LogP contribution in [0.2, 0.25) is 0 Å². The number of carbonyl (C=O) groups excluding carboxylic acids is 2. The average molecular weight is 252 g/mol. The molecular weight excluding hydrogens is 232 g/mol. The van der Waals surface area contributed by atoms with Crippen LogP contribution in [-0.4, -0.2) is 30.6 Å². The van der Waals surface area contributed by atoms with Gasteiger partial charge in [-0.15, -0.1) is 0 Å². The van der Waals surface area contributed by atoms with Crippen molar-refractivity contribution in [3.8, 4) is 0 Å². The van der Waals surface area contributed by atoms with Crippen LogP contribution in [0.4, 0.5) is 0 Å². The Hall–Kier alpha value is -0.900. The lowest BCUT2D eigenvalue weighted by atomic mass is 9.80. The summed E-state index contributed by atoms with van der Waals surface area (Å²) in [6.45, 7) is 4.08. The third kappa shape index (κ3) is 1.69. The van der Waals surface area contributed by atoms with Crippen LogP contribution in [-0.2, 0) is 19.1 Å². The summed E-state index contributed by atoms with van der Waals surface area (Å²) in [7, 11) is 0. The van der Waals surface area contributed by atoms with E-state index in [9.17, 15) is 9.59 Å². The van der Waals surface area contributed by atoms with Gasteiger partial charge in [-0.05, 0) is 31.1 Å². The van der Waals surface area contributed by atoms with Crippen molar-refractivity contribution in [2.45, 2.75) is 45.3 Å². The van der Waals surface area contributed by atoms with E-state index >= 15 is 0 Å². The van der Waals surface area contributed by atoms with Gasteiger partial charge in [0, 0.05) is 5.92 Å². The van der Waals surface area contributed by atoms with Crippen molar-refractivity contribution in [1.82, 2.24) is 0 Å². The third-order valence-corrected chi connectivity index (χ3v) is 4.96. The SMILES string of the molecule is CCC(C)C(=O)OC1C2CC3C(=O)COC1C3C2. The van der Waals surface area contributed by atoms with Crippen molar-refractivity contribution in [3.63, 3.8) is 0 Å². The first-order valence-electron chi connectivity index (χ1n) is 6.96. The first-order chi connectivity index (χ1) is 8.61. The molecule has 0 spiro atoms. The van der Waals surface area contributed by atoms with Crippen LogP contribution in [0.5, 0.6) is 0 Å². The van der Waals surface area contributed by atoms with E-state index in [1.165, 1.54) is 0 Å². The van der Waals surface area contributed by atoms with Crippen LogP contribution in [0.25, 0.3) is 0 Å². The number of rotatable bonds is 3. The summed E-state index contributed by atoms with van der Waals surface area (Å²) in [5, 5.41) is 0. The van der Waals surface area contributed by atoms with Gasteiger partial charge in [0.15, 0.2) is 5.78 Å². The first kappa shape index (κ1) is 12.2. The molecule has 1 heterocycles. The Labute approximate surface area is 107 Å².